The maximum atomic E-state index is 12.1. The van der Waals surface area contributed by atoms with Crippen LogP contribution in [0.4, 0.5) is 0 Å². The molecule has 0 fully saturated rings. The summed E-state index contributed by atoms with van der Waals surface area (Å²) in [4.78, 5) is 12.1. The van der Waals surface area contributed by atoms with Crippen molar-refractivity contribution in [2.45, 2.75) is 0 Å². The Morgan fingerprint density at radius 3 is 2.52 bits per heavy atom. The largest absolute Gasteiger partial charge is 0.457 e. The third kappa shape index (κ3) is 4.94. The van der Waals surface area contributed by atoms with E-state index in [1.54, 1.807) is 24.3 Å². The van der Waals surface area contributed by atoms with Gasteiger partial charge in [0, 0.05) is 16.7 Å². The highest BCUT2D eigenvalue weighted by molar-refractivity contribution is 6.30. The number of nitriles is 1. The molecular formula is C21H14ClN3O2. The molecule has 6 heteroatoms. The molecule has 0 atom stereocenters. The molecule has 0 aliphatic heterocycles. The maximum Gasteiger partial charge on any atom is 0.282 e. The Kier molecular flexibility index (Phi) is 5.83. The lowest BCUT2D eigenvalue weighted by Crippen LogP contribution is -2.18. The molecular weight excluding hydrogens is 362 g/mol. The third-order valence-corrected chi connectivity index (χ3v) is 3.84. The van der Waals surface area contributed by atoms with Gasteiger partial charge < -0.3 is 4.42 Å². The highest BCUT2D eigenvalue weighted by Crippen LogP contribution is 2.24. The van der Waals surface area contributed by atoms with E-state index >= 15 is 0 Å². The highest BCUT2D eigenvalue weighted by atomic mass is 35.5. The summed E-state index contributed by atoms with van der Waals surface area (Å²) in [7, 11) is 0. The van der Waals surface area contributed by atoms with Crippen LogP contribution in [-0.4, -0.2) is 12.1 Å². The number of halogens is 1. The molecule has 0 saturated heterocycles. The average Bonchev–Trinajstić information content (AvgIpc) is 3.16. The van der Waals surface area contributed by atoms with Crippen LogP contribution in [0.2, 0.25) is 5.02 Å². The Balaban J connectivity index is 1.70. The number of carbonyl (C=O) groups is 1. The molecule has 3 aromatic rings. The van der Waals surface area contributed by atoms with Gasteiger partial charge in [-0.3, -0.25) is 4.79 Å². The number of rotatable bonds is 5. The van der Waals surface area contributed by atoms with E-state index in [0.717, 1.165) is 11.1 Å². The highest BCUT2D eigenvalue weighted by Gasteiger charge is 2.10. The fourth-order valence-electron chi connectivity index (χ4n) is 2.26. The molecule has 27 heavy (non-hydrogen) atoms. The number of carbonyl (C=O) groups excluding carboxylic acids is 1. The first-order valence-corrected chi connectivity index (χ1v) is 8.39. The van der Waals surface area contributed by atoms with Gasteiger partial charge in [-0.15, -0.1) is 0 Å². The number of nitrogens with zero attached hydrogens (tertiary/aromatic N) is 2. The van der Waals surface area contributed by atoms with E-state index in [-0.39, 0.29) is 5.57 Å². The second kappa shape index (κ2) is 8.65. The quantitative estimate of drug-likeness (QED) is 0.305. The number of furan rings is 1. The van der Waals surface area contributed by atoms with Crippen molar-refractivity contribution >= 4 is 29.8 Å². The first kappa shape index (κ1) is 18.2. The van der Waals surface area contributed by atoms with Crippen LogP contribution in [0.25, 0.3) is 17.4 Å². The monoisotopic (exact) mass is 375 g/mol. The zero-order chi connectivity index (χ0) is 19.1. The van der Waals surface area contributed by atoms with Crippen molar-refractivity contribution in [2.24, 2.45) is 5.10 Å². The standard InChI is InChI=1S/C21H14ClN3O2/c22-18-8-6-16(7-9-18)20-11-10-19(27-20)12-17(13-23)21(26)25-24-14-15-4-2-1-3-5-15/h1-12,14H,(H,25,26)/b17-12+,24-14+. The smallest absolute Gasteiger partial charge is 0.282 e. The van der Waals surface area contributed by atoms with E-state index in [1.807, 2.05) is 48.5 Å². The Hall–Kier alpha value is -3.62. The summed E-state index contributed by atoms with van der Waals surface area (Å²) in [5.41, 5.74) is 3.89. The molecule has 0 spiro atoms. The predicted octanol–water partition coefficient (Wildman–Crippen LogP) is 4.66. The predicted molar refractivity (Wildman–Crippen MR) is 105 cm³/mol. The van der Waals surface area contributed by atoms with Gasteiger partial charge in [-0.2, -0.15) is 10.4 Å². The van der Waals surface area contributed by atoms with Crippen molar-refractivity contribution in [3.05, 3.63) is 88.6 Å². The minimum Gasteiger partial charge on any atom is -0.457 e. The second-order valence-corrected chi connectivity index (χ2v) is 5.92. The molecule has 5 nitrogen and oxygen atoms in total. The molecule has 1 N–H and O–H groups in total. The topological polar surface area (TPSA) is 78.4 Å². The molecule has 0 aliphatic rings. The lowest BCUT2D eigenvalue weighted by Gasteiger charge is -1.98. The van der Waals surface area contributed by atoms with Crippen molar-refractivity contribution in [2.75, 3.05) is 0 Å². The minimum atomic E-state index is -0.617. The van der Waals surface area contributed by atoms with Gasteiger partial charge in [-0.05, 0) is 42.0 Å². The summed E-state index contributed by atoms with van der Waals surface area (Å²) >= 11 is 5.88. The van der Waals surface area contributed by atoms with Crippen LogP contribution in [0.15, 0.2) is 81.8 Å². The first-order chi connectivity index (χ1) is 13.2. The Morgan fingerprint density at radius 2 is 1.81 bits per heavy atom. The average molecular weight is 376 g/mol. The molecule has 2 aromatic carbocycles. The van der Waals surface area contributed by atoms with Gasteiger partial charge in [-0.1, -0.05) is 41.9 Å². The van der Waals surface area contributed by atoms with Crippen LogP contribution < -0.4 is 5.43 Å². The van der Waals surface area contributed by atoms with Crippen molar-refractivity contribution in [3.63, 3.8) is 0 Å². The molecule has 1 amide bonds. The zero-order valence-corrected chi connectivity index (χ0v) is 14.9. The number of hydrogen-bond donors (Lipinski definition) is 1. The van der Waals surface area contributed by atoms with Gasteiger partial charge in [-0.25, -0.2) is 5.43 Å². The Morgan fingerprint density at radius 1 is 1.07 bits per heavy atom. The molecule has 0 unspecified atom stereocenters. The van der Waals surface area contributed by atoms with Gasteiger partial charge in [0.15, 0.2) is 0 Å². The fraction of sp³-hybridized carbons (Fsp3) is 0. The minimum absolute atomic E-state index is 0.114. The van der Waals surface area contributed by atoms with Gasteiger partial charge in [0.2, 0.25) is 0 Å². The number of hydrogen-bond acceptors (Lipinski definition) is 4. The van der Waals surface area contributed by atoms with Crippen LogP contribution in [0, 0.1) is 11.3 Å². The van der Waals surface area contributed by atoms with Crippen molar-refractivity contribution in [3.8, 4) is 17.4 Å². The van der Waals surface area contributed by atoms with Gasteiger partial charge in [0.05, 0.1) is 6.21 Å². The van der Waals surface area contributed by atoms with Crippen molar-refractivity contribution < 1.29 is 9.21 Å². The van der Waals surface area contributed by atoms with E-state index in [2.05, 4.69) is 10.5 Å². The molecule has 0 radical (unpaired) electrons. The summed E-state index contributed by atoms with van der Waals surface area (Å²) in [6, 6.07) is 21.8. The van der Waals surface area contributed by atoms with E-state index < -0.39 is 5.91 Å². The SMILES string of the molecule is N#C/C(=C\c1ccc(-c2ccc(Cl)cc2)o1)C(=O)N/N=C/c1ccccc1. The van der Waals surface area contributed by atoms with Crippen LogP contribution in [0.3, 0.4) is 0 Å². The molecule has 0 bridgehead atoms. The summed E-state index contributed by atoms with van der Waals surface area (Å²) in [5, 5.41) is 13.7. The molecule has 132 valence electrons. The molecule has 1 heterocycles. The van der Waals surface area contributed by atoms with Crippen LogP contribution in [-0.2, 0) is 4.79 Å². The Labute approximate surface area is 161 Å². The van der Waals surface area contributed by atoms with E-state index in [9.17, 15) is 10.1 Å². The molecule has 3 rings (SSSR count). The van der Waals surface area contributed by atoms with E-state index in [0.29, 0.717) is 16.5 Å². The first-order valence-electron chi connectivity index (χ1n) is 8.02. The summed E-state index contributed by atoms with van der Waals surface area (Å²) < 4.78 is 5.68. The molecule has 1 aromatic heterocycles. The summed E-state index contributed by atoms with van der Waals surface area (Å²) in [6.07, 6.45) is 2.87. The van der Waals surface area contributed by atoms with Gasteiger partial charge in [0.25, 0.3) is 5.91 Å². The Bertz CT molecular complexity index is 1030. The number of hydrazone groups is 1. The summed E-state index contributed by atoms with van der Waals surface area (Å²) in [5.74, 6) is 0.380. The number of amides is 1. The van der Waals surface area contributed by atoms with Crippen LogP contribution in [0.5, 0.6) is 0 Å². The second-order valence-electron chi connectivity index (χ2n) is 5.49. The van der Waals surface area contributed by atoms with Crippen molar-refractivity contribution in [1.29, 1.82) is 5.26 Å². The zero-order valence-electron chi connectivity index (χ0n) is 14.1. The maximum absolute atomic E-state index is 12.1. The van der Waals surface area contributed by atoms with Crippen molar-refractivity contribution in [1.82, 2.24) is 5.43 Å². The van der Waals surface area contributed by atoms with E-state index in [4.69, 9.17) is 16.0 Å². The number of nitrogens with one attached hydrogen (secondary N) is 1. The third-order valence-electron chi connectivity index (χ3n) is 3.59. The summed E-state index contributed by atoms with van der Waals surface area (Å²) in [6.45, 7) is 0. The normalized spacial score (nSPS) is 11.3. The lowest BCUT2D eigenvalue weighted by atomic mass is 10.2. The van der Waals surface area contributed by atoms with Crippen LogP contribution >= 0.6 is 11.6 Å². The fourth-order valence-corrected chi connectivity index (χ4v) is 2.38. The van der Waals surface area contributed by atoms with Gasteiger partial charge >= 0.3 is 0 Å². The van der Waals surface area contributed by atoms with E-state index in [1.165, 1.54) is 12.3 Å². The van der Waals surface area contributed by atoms with Gasteiger partial charge in [0.1, 0.15) is 23.2 Å². The lowest BCUT2D eigenvalue weighted by molar-refractivity contribution is -0.117. The molecule has 0 saturated carbocycles. The van der Waals surface area contributed by atoms with Crippen LogP contribution in [0.1, 0.15) is 11.3 Å². The number of benzene rings is 2. The molecule has 0 aliphatic carbocycles.